The van der Waals surface area contributed by atoms with Gasteiger partial charge in [0.05, 0.1) is 18.4 Å². The molecule has 0 atom stereocenters. The first-order valence-electron chi connectivity index (χ1n) is 9.82. The highest BCUT2D eigenvalue weighted by Gasteiger charge is 2.37. The van der Waals surface area contributed by atoms with Crippen LogP contribution in [0, 0.1) is 6.92 Å². The van der Waals surface area contributed by atoms with Gasteiger partial charge in [-0.1, -0.05) is 23.7 Å². The van der Waals surface area contributed by atoms with E-state index >= 15 is 0 Å². The number of rotatable bonds is 6. The second-order valence-corrected chi connectivity index (χ2v) is 7.60. The molecule has 1 fully saturated rings. The highest BCUT2D eigenvalue weighted by Crippen LogP contribution is 2.31. The molecule has 162 valence electrons. The number of nitrogens with one attached hydrogen (secondary N) is 1. The molecule has 7 nitrogen and oxygen atoms in total. The number of halogens is 1. The number of barbiturate groups is 1. The van der Waals surface area contributed by atoms with Gasteiger partial charge in [0.2, 0.25) is 0 Å². The van der Waals surface area contributed by atoms with Gasteiger partial charge < -0.3 is 9.47 Å². The Morgan fingerprint density at radius 1 is 1.10 bits per heavy atom. The van der Waals surface area contributed by atoms with Crippen LogP contribution in [0.2, 0.25) is 5.02 Å². The van der Waals surface area contributed by atoms with Crippen LogP contribution in [0.25, 0.3) is 6.08 Å². The number of imide groups is 2. The first kappa shape index (κ1) is 22.4. The van der Waals surface area contributed by atoms with E-state index in [0.717, 1.165) is 10.5 Å². The van der Waals surface area contributed by atoms with E-state index in [1.807, 2.05) is 27.7 Å². The third kappa shape index (κ3) is 4.88. The molecule has 8 heteroatoms. The number of ether oxygens (including phenoxy) is 2. The summed E-state index contributed by atoms with van der Waals surface area (Å²) < 4.78 is 11.4. The van der Waals surface area contributed by atoms with E-state index in [2.05, 4.69) is 5.32 Å². The Labute approximate surface area is 185 Å². The quantitative estimate of drug-likeness (QED) is 0.526. The maximum Gasteiger partial charge on any atom is 0.335 e. The molecule has 1 saturated heterocycles. The summed E-state index contributed by atoms with van der Waals surface area (Å²) in [5, 5.41) is 2.61. The van der Waals surface area contributed by atoms with E-state index in [1.54, 1.807) is 30.3 Å². The van der Waals surface area contributed by atoms with Crippen molar-refractivity contribution in [2.45, 2.75) is 33.8 Å². The van der Waals surface area contributed by atoms with Crippen molar-refractivity contribution in [1.82, 2.24) is 5.32 Å². The van der Waals surface area contributed by atoms with Crippen LogP contribution in [0.4, 0.5) is 10.5 Å². The maximum atomic E-state index is 13.0. The minimum atomic E-state index is -0.831. The van der Waals surface area contributed by atoms with Crippen molar-refractivity contribution in [3.05, 3.63) is 58.1 Å². The van der Waals surface area contributed by atoms with Crippen LogP contribution in [0.3, 0.4) is 0 Å². The van der Waals surface area contributed by atoms with Gasteiger partial charge in [0.1, 0.15) is 5.57 Å². The molecule has 0 bridgehead atoms. The van der Waals surface area contributed by atoms with Crippen LogP contribution in [0.5, 0.6) is 11.5 Å². The SMILES string of the molecule is CCOc1cc(/C=C2\C(=O)NC(=O)N(c3ccc(C)c(Cl)c3)C2=O)ccc1OC(C)C. The first-order valence-corrected chi connectivity index (χ1v) is 10.2. The van der Waals surface area contributed by atoms with E-state index in [1.165, 1.54) is 12.1 Å². The van der Waals surface area contributed by atoms with E-state index in [0.29, 0.717) is 28.7 Å². The largest absolute Gasteiger partial charge is 0.490 e. The number of nitrogens with zero attached hydrogens (tertiary/aromatic N) is 1. The monoisotopic (exact) mass is 442 g/mol. The van der Waals surface area contributed by atoms with Gasteiger partial charge in [-0.3, -0.25) is 14.9 Å². The summed E-state index contributed by atoms with van der Waals surface area (Å²) in [5.74, 6) is -0.462. The van der Waals surface area contributed by atoms with Gasteiger partial charge >= 0.3 is 6.03 Å². The number of urea groups is 1. The second-order valence-electron chi connectivity index (χ2n) is 7.20. The summed E-state index contributed by atoms with van der Waals surface area (Å²) >= 11 is 6.14. The molecule has 0 radical (unpaired) electrons. The number of benzene rings is 2. The van der Waals surface area contributed by atoms with Gasteiger partial charge in [-0.2, -0.15) is 0 Å². The number of anilines is 1. The number of aryl methyl sites for hydroxylation is 1. The Morgan fingerprint density at radius 3 is 2.48 bits per heavy atom. The van der Waals surface area contributed by atoms with Gasteiger partial charge in [-0.25, -0.2) is 9.69 Å². The summed E-state index contributed by atoms with van der Waals surface area (Å²) in [6.45, 7) is 7.88. The zero-order valence-electron chi connectivity index (χ0n) is 17.7. The van der Waals surface area contributed by atoms with Crippen LogP contribution in [0.15, 0.2) is 42.0 Å². The third-order valence-corrected chi connectivity index (χ3v) is 4.86. The minimum absolute atomic E-state index is 0.0463. The number of amides is 4. The average Bonchev–Trinajstić information content (AvgIpc) is 2.69. The molecule has 0 aliphatic carbocycles. The van der Waals surface area contributed by atoms with Gasteiger partial charge in [0.25, 0.3) is 11.8 Å². The molecule has 4 amide bonds. The Morgan fingerprint density at radius 2 is 1.84 bits per heavy atom. The summed E-state index contributed by atoms with van der Waals surface area (Å²) in [5.41, 5.74) is 1.44. The first-order chi connectivity index (χ1) is 14.7. The van der Waals surface area contributed by atoms with Gasteiger partial charge in [-0.05, 0) is 69.2 Å². The minimum Gasteiger partial charge on any atom is -0.490 e. The second kappa shape index (κ2) is 9.22. The van der Waals surface area contributed by atoms with Crippen LogP contribution in [-0.2, 0) is 9.59 Å². The average molecular weight is 443 g/mol. The Hall–Kier alpha value is -3.32. The standard InChI is InChI=1S/C23H23ClN2O5/c1-5-30-20-11-15(7-9-19(20)31-13(2)3)10-17-21(27)25-23(29)26(22(17)28)16-8-6-14(4)18(24)12-16/h6-13H,5H2,1-4H3,(H,25,27,29)/b17-10+. The smallest absolute Gasteiger partial charge is 0.335 e. The van der Waals surface area contributed by atoms with Crippen molar-refractivity contribution in [3.63, 3.8) is 0 Å². The lowest BCUT2D eigenvalue weighted by Gasteiger charge is -2.26. The highest BCUT2D eigenvalue weighted by molar-refractivity contribution is 6.39. The fourth-order valence-electron chi connectivity index (χ4n) is 3.01. The fraction of sp³-hybridized carbons (Fsp3) is 0.261. The lowest BCUT2D eigenvalue weighted by Crippen LogP contribution is -2.54. The molecule has 3 rings (SSSR count). The molecule has 0 spiro atoms. The van der Waals surface area contributed by atoms with Crippen molar-refractivity contribution >= 4 is 41.2 Å². The molecule has 0 unspecified atom stereocenters. The topological polar surface area (TPSA) is 84.9 Å². The number of carbonyl (C=O) groups excluding carboxylic acids is 3. The maximum absolute atomic E-state index is 13.0. The predicted octanol–water partition coefficient (Wildman–Crippen LogP) is 4.50. The molecule has 1 aliphatic rings. The normalized spacial score (nSPS) is 15.5. The summed E-state index contributed by atoms with van der Waals surface area (Å²) in [6, 6.07) is 9.06. The van der Waals surface area contributed by atoms with E-state index in [9.17, 15) is 14.4 Å². The van der Waals surface area contributed by atoms with E-state index in [4.69, 9.17) is 21.1 Å². The lowest BCUT2D eigenvalue weighted by atomic mass is 10.1. The Bertz CT molecular complexity index is 1080. The van der Waals surface area contributed by atoms with E-state index < -0.39 is 17.8 Å². The molecule has 1 aliphatic heterocycles. The van der Waals surface area contributed by atoms with Crippen LogP contribution >= 0.6 is 11.6 Å². The van der Waals surface area contributed by atoms with Crippen molar-refractivity contribution < 1.29 is 23.9 Å². The predicted molar refractivity (Wildman–Crippen MR) is 119 cm³/mol. The number of hydrogen-bond acceptors (Lipinski definition) is 5. The lowest BCUT2D eigenvalue weighted by molar-refractivity contribution is -0.122. The van der Waals surface area contributed by atoms with Gasteiger partial charge in [-0.15, -0.1) is 0 Å². The molecule has 0 saturated carbocycles. The summed E-state index contributed by atoms with van der Waals surface area (Å²) in [4.78, 5) is 38.7. The van der Waals surface area contributed by atoms with Gasteiger partial charge in [0, 0.05) is 5.02 Å². The van der Waals surface area contributed by atoms with E-state index in [-0.39, 0.29) is 17.4 Å². The molecule has 1 N–H and O–H groups in total. The summed E-state index contributed by atoms with van der Waals surface area (Å²) in [7, 11) is 0. The van der Waals surface area contributed by atoms with Crippen LogP contribution in [0.1, 0.15) is 31.9 Å². The molecular formula is C23H23ClN2O5. The van der Waals surface area contributed by atoms with Crippen molar-refractivity contribution in [2.75, 3.05) is 11.5 Å². The molecule has 0 aromatic heterocycles. The molecule has 31 heavy (non-hydrogen) atoms. The van der Waals surface area contributed by atoms with Gasteiger partial charge in [0.15, 0.2) is 11.5 Å². The Balaban J connectivity index is 1.99. The summed E-state index contributed by atoms with van der Waals surface area (Å²) in [6.07, 6.45) is 1.37. The molecule has 2 aromatic carbocycles. The zero-order valence-corrected chi connectivity index (χ0v) is 18.4. The van der Waals surface area contributed by atoms with Crippen molar-refractivity contribution in [2.24, 2.45) is 0 Å². The van der Waals surface area contributed by atoms with Crippen LogP contribution in [-0.4, -0.2) is 30.6 Å². The van der Waals surface area contributed by atoms with Crippen molar-refractivity contribution in [3.8, 4) is 11.5 Å². The molecular weight excluding hydrogens is 420 g/mol. The number of carbonyl (C=O) groups is 3. The van der Waals surface area contributed by atoms with Crippen LogP contribution < -0.4 is 19.7 Å². The molecule has 1 heterocycles. The number of hydrogen-bond donors (Lipinski definition) is 1. The molecule has 2 aromatic rings. The zero-order chi connectivity index (χ0) is 22.7. The Kier molecular flexibility index (Phi) is 6.65. The fourth-order valence-corrected chi connectivity index (χ4v) is 3.19. The van der Waals surface area contributed by atoms with Crippen molar-refractivity contribution in [1.29, 1.82) is 0 Å². The third-order valence-electron chi connectivity index (χ3n) is 4.46. The highest BCUT2D eigenvalue weighted by atomic mass is 35.5.